The van der Waals surface area contributed by atoms with Crippen molar-refractivity contribution in [2.24, 2.45) is 0 Å². The molecule has 0 fully saturated rings. The molecule has 0 bridgehead atoms. The molecule has 50 heavy (non-hydrogen) atoms. The van der Waals surface area contributed by atoms with Crippen LogP contribution in [0, 0.1) is 39.6 Å². The second-order valence-corrected chi connectivity index (χ2v) is 13.3. The number of aromatic nitrogens is 3. The first-order chi connectivity index (χ1) is 24.0. The van der Waals surface area contributed by atoms with Crippen LogP contribution in [0.15, 0.2) is 122 Å². The number of rotatable bonds is 6. The van der Waals surface area contributed by atoms with Gasteiger partial charge in [-0.15, -0.1) is 42.2 Å². The number of anilines is 4. The molecule has 248 valence electrons. The molecule has 1 aliphatic rings. The molecule has 9 rings (SSSR count). The Kier molecular flexibility index (Phi) is 8.26. The van der Waals surface area contributed by atoms with Gasteiger partial charge >= 0.3 is 0 Å². The fourth-order valence-electron chi connectivity index (χ4n) is 6.89. The van der Waals surface area contributed by atoms with Gasteiger partial charge in [0.1, 0.15) is 5.82 Å². The van der Waals surface area contributed by atoms with Gasteiger partial charge in [0, 0.05) is 67.2 Å². The Morgan fingerprint density at radius 3 is 2.28 bits per heavy atom. The summed E-state index contributed by atoms with van der Waals surface area (Å²) in [6, 6.07) is 42.6. The number of hydrogen-bond donors (Lipinski definition) is 0. The first kappa shape index (κ1) is 32.0. The maximum absolute atomic E-state index is 6.75. The maximum Gasteiger partial charge on any atom is 0.129 e. The van der Waals surface area contributed by atoms with Crippen molar-refractivity contribution in [2.75, 3.05) is 9.80 Å². The summed E-state index contributed by atoms with van der Waals surface area (Å²) in [5.41, 5.74) is 8.82. The van der Waals surface area contributed by atoms with Crippen molar-refractivity contribution in [3.63, 3.8) is 0 Å². The van der Waals surface area contributed by atoms with Crippen LogP contribution in [0.4, 0.5) is 22.7 Å². The second kappa shape index (κ2) is 12.9. The summed E-state index contributed by atoms with van der Waals surface area (Å²) in [6.45, 7) is 8.65. The van der Waals surface area contributed by atoms with Crippen molar-refractivity contribution in [3.8, 4) is 28.7 Å². The summed E-state index contributed by atoms with van der Waals surface area (Å²) < 4.78 is 10.9. The zero-order valence-corrected chi connectivity index (χ0v) is 30.6. The van der Waals surface area contributed by atoms with E-state index < -0.39 is 0 Å². The molecule has 0 N–H and O–H groups in total. The molecule has 0 atom stereocenters. The van der Waals surface area contributed by atoms with E-state index in [1.54, 1.807) is 23.7 Å². The van der Waals surface area contributed by atoms with E-state index in [1.807, 2.05) is 41.1 Å². The quantitative estimate of drug-likeness (QED) is 0.156. The standard InChI is InChI=1S/C42H30N5OS.Pt/c1-27-21-28(2)40(29(3)22-27)47-26-46(35-14-5-6-15-36(35)47)31-11-10-12-32(25-31)48-37-24-30(23-34-33-13-4-7-16-38(33)49-41(34)37)42-44-19-20-45(42)39-17-8-9-18-43-39;/h4-23,26H,1-3H3;/q-3;. The van der Waals surface area contributed by atoms with Gasteiger partial charge in [0.2, 0.25) is 0 Å². The van der Waals surface area contributed by atoms with E-state index in [0.717, 1.165) is 44.4 Å². The topological polar surface area (TPSA) is 46.4 Å². The minimum absolute atomic E-state index is 0. The van der Waals surface area contributed by atoms with Crippen molar-refractivity contribution in [2.45, 2.75) is 20.8 Å². The molecular formula is C42H30N5OPtS-3. The van der Waals surface area contributed by atoms with Gasteiger partial charge < -0.3 is 19.1 Å². The number of hydrogen-bond acceptors (Lipinski definition) is 6. The van der Waals surface area contributed by atoms with Crippen LogP contribution in [0.25, 0.3) is 37.4 Å². The Balaban J connectivity index is 0.00000361. The van der Waals surface area contributed by atoms with Crippen LogP contribution >= 0.6 is 11.3 Å². The second-order valence-electron chi connectivity index (χ2n) is 12.3. The summed E-state index contributed by atoms with van der Waals surface area (Å²) in [6.07, 6.45) is 5.50. The number of nitrogens with zero attached hydrogens (tertiary/aromatic N) is 5. The fourth-order valence-corrected chi connectivity index (χ4v) is 8.01. The number of benzene rings is 5. The van der Waals surface area contributed by atoms with Crippen LogP contribution in [0.1, 0.15) is 16.7 Å². The number of fused-ring (bicyclic) bond motifs is 4. The van der Waals surface area contributed by atoms with E-state index in [2.05, 4.69) is 127 Å². The molecule has 4 heterocycles. The van der Waals surface area contributed by atoms with Crippen molar-refractivity contribution in [1.82, 2.24) is 14.5 Å². The van der Waals surface area contributed by atoms with Crippen LogP contribution in [0.5, 0.6) is 11.5 Å². The molecular weight excluding hydrogens is 818 g/mol. The number of aryl methyl sites for hydroxylation is 3. The van der Waals surface area contributed by atoms with Crippen LogP contribution in [-0.2, 0) is 21.1 Å². The van der Waals surface area contributed by atoms with E-state index in [1.165, 1.54) is 32.5 Å². The van der Waals surface area contributed by atoms with Crippen LogP contribution in [0.3, 0.4) is 0 Å². The van der Waals surface area contributed by atoms with Crippen molar-refractivity contribution in [1.29, 1.82) is 0 Å². The fraction of sp³-hybridized carbons (Fsp3) is 0.0714. The SMILES string of the molecule is Cc1cc(C)c(N2[CH-]N(c3[c-]c(Oc4[c-]c(-c5nccn5-c5ccccn5)cc5c4sc4ccccc45)ccc3)c3ccccc32)c(C)c1.[Pt]. The van der Waals surface area contributed by atoms with Gasteiger partial charge in [-0.3, -0.25) is 4.98 Å². The molecule has 0 amide bonds. The molecule has 8 aromatic rings. The third kappa shape index (κ3) is 5.47. The molecule has 0 aliphatic carbocycles. The van der Waals surface area contributed by atoms with E-state index in [9.17, 15) is 0 Å². The van der Waals surface area contributed by atoms with Gasteiger partial charge in [-0.05, 0) is 72.3 Å². The summed E-state index contributed by atoms with van der Waals surface area (Å²) in [5, 5.41) is 2.26. The first-order valence-corrected chi connectivity index (χ1v) is 17.0. The molecule has 6 nitrogen and oxygen atoms in total. The normalized spacial score (nSPS) is 12.4. The van der Waals surface area contributed by atoms with Crippen LogP contribution in [-0.4, -0.2) is 14.5 Å². The number of para-hydroxylation sites is 2. The number of imidazole rings is 1. The predicted molar refractivity (Wildman–Crippen MR) is 200 cm³/mol. The predicted octanol–water partition coefficient (Wildman–Crippen LogP) is 11.0. The van der Waals surface area contributed by atoms with Crippen LogP contribution in [0.2, 0.25) is 0 Å². The van der Waals surface area contributed by atoms with Gasteiger partial charge in [0.15, 0.2) is 0 Å². The van der Waals surface area contributed by atoms with E-state index in [-0.39, 0.29) is 21.1 Å². The molecule has 3 aromatic heterocycles. The Hall–Kier alpha value is -5.23. The Morgan fingerprint density at radius 1 is 0.720 bits per heavy atom. The van der Waals surface area contributed by atoms with Gasteiger partial charge in [-0.2, -0.15) is 17.4 Å². The summed E-state index contributed by atoms with van der Waals surface area (Å²) in [4.78, 5) is 13.8. The number of ether oxygens (including phenoxy) is 1. The van der Waals surface area contributed by atoms with Crippen molar-refractivity contribution < 1.29 is 25.8 Å². The molecule has 0 spiro atoms. The minimum atomic E-state index is 0. The molecule has 5 aromatic carbocycles. The number of thiophene rings is 1. The molecule has 0 radical (unpaired) electrons. The smallest absolute Gasteiger partial charge is 0.129 e. The number of pyridine rings is 1. The van der Waals surface area contributed by atoms with Gasteiger partial charge in [0.25, 0.3) is 0 Å². The largest absolute Gasteiger partial charge is 0.501 e. The monoisotopic (exact) mass is 847 g/mol. The Bertz CT molecular complexity index is 2500. The molecule has 0 unspecified atom stereocenters. The zero-order valence-electron chi connectivity index (χ0n) is 27.5. The minimum Gasteiger partial charge on any atom is -0.501 e. The maximum atomic E-state index is 6.75. The average Bonchev–Trinajstić information content (AvgIpc) is 3.85. The van der Waals surface area contributed by atoms with Crippen molar-refractivity contribution >= 4 is 54.3 Å². The summed E-state index contributed by atoms with van der Waals surface area (Å²) in [5.74, 6) is 2.76. The average molecular weight is 848 g/mol. The van der Waals surface area contributed by atoms with E-state index >= 15 is 0 Å². The van der Waals surface area contributed by atoms with E-state index in [0.29, 0.717) is 11.5 Å². The first-order valence-electron chi connectivity index (χ1n) is 16.1. The summed E-state index contributed by atoms with van der Waals surface area (Å²) in [7, 11) is 0. The zero-order chi connectivity index (χ0) is 33.1. The van der Waals surface area contributed by atoms with Gasteiger partial charge in [-0.25, -0.2) is 4.98 Å². The Labute approximate surface area is 309 Å². The third-order valence-electron chi connectivity index (χ3n) is 8.89. The molecule has 8 heteroatoms. The molecule has 0 saturated carbocycles. The van der Waals surface area contributed by atoms with Gasteiger partial charge in [-0.1, -0.05) is 65.5 Å². The molecule has 0 saturated heterocycles. The third-order valence-corrected chi connectivity index (χ3v) is 10.1. The van der Waals surface area contributed by atoms with E-state index in [4.69, 9.17) is 9.72 Å². The molecule has 1 aliphatic heterocycles. The van der Waals surface area contributed by atoms with Gasteiger partial charge in [0.05, 0.1) is 11.6 Å². The van der Waals surface area contributed by atoms with Crippen LogP contribution < -0.4 is 14.5 Å². The summed E-state index contributed by atoms with van der Waals surface area (Å²) >= 11 is 1.70. The Morgan fingerprint density at radius 2 is 1.48 bits per heavy atom. The van der Waals surface area contributed by atoms with Crippen molar-refractivity contribution in [3.05, 3.63) is 157 Å².